The molecular formula is C36H48Br2Si2. The zero-order chi connectivity index (χ0) is 30.2. The molecule has 0 N–H and O–H groups in total. The van der Waals surface area contributed by atoms with Crippen molar-refractivity contribution < 1.29 is 0 Å². The molecule has 0 heterocycles. The average molecular weight is 697 g/mol. The van der Waals surface area contributed by atoms with Crippen LogP contribution >= 0.6 is 31.9 Å². The van der Waals surface area contributed by atoms with E-state index in [1.165, 1.54) is 21.5 Å². The first-order valence-electron chi connectivity index (χ1n) is 15.0. The van der Waals surface area contributed by atoms with Gasteiger partial charge in [-0.2, -0.15) is 0 Å². The SMILES string of the molecule is CC(C)[Si](C#Cc1c2ccc(Br)cc2c(C#C[Si](C(C)C)(C(C)C)C(C)C)c2ccc(Br)cc12)(C(C)C)C(C)C. The molecule has 214 valence electrons. The van der Waals surface area contributed by atoms with Crippen molar-refractivity contribution in [2.24, 2.45) is 0 Å². The summed E-state index contributed by atoms with van der Waals surface area (Å²) in [4.78, 5) is 0. The predicted octanol–water partition coefficient (Wildman–Crippen LogP) is 12.7. The van der Waals surface area contributed by atoms with Crippen LogP contribution in [0.15, 0.2) is 45.3 Å². The van der Waals surface area contributed by atoms with Crippen LogP contribution in [0, 0.1) is 22.9 Å². The van der Waals surface area contributed by atoms with Gasteiger partial charge in [0.05, 0.1) is 0 Å². The highest BCUT2D eigenvalue weighted by molar-refractivity contribution is 9.10. The Morgan fingerprint density at radius 2 is 0.725 bits per heavy atom. The number of hydrogen-bond acceptors (Lipinski definition) is 0. The molecule has 0 spiro atoms. The van der Waals surface area contributed by atoms with E-state index in [-0.39, 0.29) is 0 Å². The first kappa shape index (κ1) is 33.2. The molecule has 0 saturated heterocycles. The smallest absolute Gasteiger partial charge is 0.125 e. The summed E-state index contributed by atoms with van der Waals surface area (Å²) in [6.07, 6.45) is 0. The Morgan fingerprint density at radius 1 is 0.450 bits per heavy atom. The summed E-state index contributed by atoms with van der Waals surface area (Å²) in [6.45, 7) is 28.6. The van der Waals surface area contributed by atoms with E-state index in [9.17, 15) is 0 Å². The summed E-state index contributed by atoms with van der Waals surface area (Å²) in [5, 5.41) is 4.81. The largest absolute Gasteiger partial charge is 0.146 e. The van der Waals surface area contributed by atoms with Crippen LogP contribution in [0.1, 0.15) is 94.2 Å². The molecule has 4 heteroatoms. The van der Waals surface area contributed by atoms with Gasteiger partial charge in [0.1, 0.15) is 16.1 Å². The average Bonchev–Trinajstić information content (AvgIpc) is 2.84. The molecule has 0 atom stereocenters. The maximum atomic E-state index is 4.02. The van der Waals surface area contributed by atoms with Gasteiger partial charge >= 0.3 is 0 Å². The van der Waals surface area contributed by atoms with E-state index in [2.05, 4.69) is 174 Å². The second-order valence-electron chi connectivity index (χ2n) is 13.4. The van der Waals surface area contributed by atoms with Crippen molar-refractivity contribution in [3.63, 3.8) is 0 Å². The minimum atomic E-state index is -1.91. The number of fused-ring (bicyclic) bond motifs is 2. The summed E-state index contributed by atoms with van der Waals surface area (Å²) in [5.41, 5.74) is 13.8. The third kappa shape index (κ3) is 5.94. The fraction of sp³-hybridized carbons (Fsp3) is 0.500. The van der Waals surface area contributed by atoms with Gasteiger partial charge in [0.25, 0.3) is 0 Å². The molecule has 0 aromatic heterocycles. The van der Waals surface area contributed by atoms with Crippen LogP contribution < -0.4 is 0 Å². The van der Waals surface area contributed by atoms with Crippen molar-refractivity contribution in [3.8, 4) is 22.9 Å². The van der Waals surface area contributed by atoms with Crippen LogP contribution in [0.25, 0.3) is 21.5 Å². The molecule has 40 heavy (non-hydrogen) atoms. The van der Waals surface area contributed by atoms with Crippen molar-refractivity contribution in [2.75, 3.05) is 0 Å². The summed E-state index contributed by atoms with van der Waals surface area (Å²) in [6, 6.07) is 13.3. The first-order chi connectivity index (χ1) is 18.6. The van der Waals surface area contributed by atoms with Crippen molar-refractivity contribution in [1.29, 1.82) is 0 Å². The van der Waals surface area contributed by atoms with Gasteiger partial charge in [0, 0.05) is 30.8 Å². The lowest BCUT2D eigenvalue weighted by atomic mass is 9.92. The van der Waals surface area contributed by atoms with Crippen LogP contribution in [0.2, 0.25) is 33.2 Å². The second kappa shape index (κ2) is 12.9. The molecule has 0 aliphatic carbocycles. The van der Waals surface area contributed by atoms with Crippen LogP contribution in [0.3, 0.4) is 0 Å². The predicted molar refractivity (Wildman–Crippen MR) is 193 cm³/mol. The number of rotatable bonds is 6. The third-order valence-corrected chi connectivity index (χ3v) is 23.1. The zero-order valence-electron chi connectivity index (χ0n) is 26.7. The molecule has 0 aliphatic rings. The van der Waals surface area contributed by atoms with E-state index in [0.717, 1.165) is 20.1 Å². The Kier molecular flexibility index (Phi) is 10.7. The van der Waals surface area contributed by atoms with E-state index in [1.807, 2.05) is 0 Å². The third-order valence-electron chi connectivity index (χ3n) is 9.58. The Labute approximate surface area is 263 Å². The van der Waals surface area contributed by atoms with Crippen molar-refractivity contribution in [3.05, 3.63) is 56.5 Å². The van der Waals surface area contributed by atoms with Crippen molar-refractivity contribution in [2.45, 2.75) is 116 Å². The molecule has 0 radical (unpaired) electrons. The van der Waals surface area contributed by atoms with Gasteiger partial charge in [-0.1, -0.05) is 139 Å². The molecule has 3 rings (SSSR count). The van der Waals surface area contributed by atoms with E-state index in [4.69, 9.17) is 0 Å². The van der Waals surface area contributed by atoms with Gasteiger partial charge in [0.15, 0.2) is 0 Å². The van der Waals surface area contributed by atoms with Crippen molar-refractivity contribution >= 4 is 69.6 Å². The monoisotopic (exact) mass is 694 g/mol. The summed E-state index contributed by atoms with van der Waals surface area (Å²) in [5.74, 6) is 7.71. The molecule has 0 aliphatic heterocycles. The van der Waals surface area contributed by atoms with Gasteiger partial charge in [0.2, 0.25) is 0 Å². The Morgan fingerprint density at radius 3 is 0.975 bits per heavy atom. The minimum absolute atomic E-state index is 0.588. The van der Waals surface area contributed by atoms with Crippen molar-refractivity contribution in [1.82, 2.24) is 0 Å². The molecule has 0 fully saturated rings. The quantitative estimate of drug-likeness (QED) is 0.137. The lowest BCUT2D eigenvalue weighted by Crippen LogP contribution is -2.43. The molecule has 0 unspecified atom stereocenters. The normalized spacial score (nSPS) is 12.7. The Balaban J connectivity index is 2.53. The van der Waals surface area contributed by atoms with E-state index < -0.39 is 16.1 Å². The first-order valence-corrected chi connectivity index (χ1v) is 21.1. The Bertz CT molecular complexity index is 1350. The van der Waals surface area contributed by atoms with Crippen LogP contribution in [-0.2, 0) is 0 Å². The van der Waals surface area contributed by atoms with Gasteiger partial charge in [-0.05, 0) is 68.3 Å². The maximum Gasteiger partial charge on any atom is 0.146 e. The fourth-order valence-electron chi connectivity index (χ4n) is 7.65. The Hall–Kier alpha value is -1.31. The highest BCUT2D eigenvalue weighted by Gasteiger charge is 2.42. The van der Waals surface area contributed by atoms with Gasteiger partial charge in [-0.25, -0.2) is 0 Å². The highest BCUT2D eigenvalue weighted by Crippen LogP contribution is 2.43. The molecule has 3 aromatic carbocycles. The summed E-state index contributed by atoms with van der Waals surface area (Å²) >= 11 is 7.56. The van der Waals surface area contributed by atoms with Crippen LogP contribution in [0.4, 0.5) is 0 Å². The standard InChI is InChI=1S/C36H48Br2Si2/c1-23(2)39(24(3)4,25(5)6)19-17-33-31-15-13-30(38)22-36(31)34(32-16-14-29(37)21-35(32)33)18-20-40(26(7)8,27(9)10)28(11)12/h13-16,21-28H,1-12H3. The maximum absolute atomic E-state index is 4.02. The molecular weight excluding hydrogens is 648 g/mol. The molecule has 0 saturated carbocycles. The highest BCUT2D eigenvalue weighted by atomic mass is 79.9. The van der Waals surface area contributed by atoms with Crippen LogP contribution in [0.5, 0.6) is 0 Å². The van der Waals surface area contributed by atoms with Gasteiger partial charge in [-0.3, -0.25) is 0 Å². The van der Waals surface area contributed by atoms with E-state index in [0.29, 0.717) is 33.2 Å². The fourth-order valence-corrected chi connectivity index (χ4v) is 18.8. The summed E-state index contributed by atoms with van der Waals surface area (Å²) in [7, 11) is -3.81. The van der Waals surface area contributed by atoms with Crippen LogP contribution in [-0.4, -0.2) is 16.1 Å². The molecule has 0 bridgehead atoms. The van der Waals surface area contributed by atoms with Gasteiger partial charge in [-0.15, -0.1) is 11.1 Å². The zero-order valence-corrected chi connectivity index (χ0v) is 31.9. The number of hydrogen-bond donors (Lipinski definition) is 0. The molecule has 0 amide bonds. The lowest BCUT2D eigenvalue weighted by molar-refractivity contribution is 0.838. The van der Waals surface area contributed by atoms with Gasteiger partial charge < -0.3 is 0 Å². The lowest BCUT2D eigenvalue weighted by Gasteiger charge is -2.38. The molecule has 0 nitrogen and oxygen atoms in total. The van der Waals surface area contributed by atoms with E-state index in [1.54, 1.807) is 0 Å². The number of halogens is 2. The summed E-state index contributed by atoms with van der Waals surface area (Å²) < 4.78 is 2.16. The topological polar surface area (TPSA) is 0 Å². The number of benzene rings is 3. The van der Waals surface area contributed by atoms with E-state index >= 15 is 0 Å². The molecule has 3 aromatic rings. The minimum Gasteiger partial charge on any atom is -0.125 e. The second-order valence-corrected chi connectivity index (χ2v) is 26.4.